The predicted molar refractivity (Wildman–Crippen MR) is 119 cm³/mol. The number of rotatable bonds is 4. The van der Waals surface area contributed by atoms with Gasteiger partial charge >= 0.3 is 0 Å². The van der Waals surface area contributed by atoms with Crippen LogP contribution < -0.4 is 9.62 Å². The summed E-state index contributed by atoms with van der Waals surface area (Å²) in [6.45, 7) is 0.672. The summed E-state index contributed by atoms with van der Waals surface area (Å²) in [5, 5.41) is 1.87. The maximum atomic E-state index is 13.0. The lowest BCUT2D eigenvalue weighted by molar-refractivity contribution is -0.122. The Hall–Kier alpha value is -2.86. The average molecular weight is 421 g/mol. The van der Waals surface area contributed by atoms with Crippen molar-refractivity contribution in [2.75, 3.05) is 16.2 Å². The van der Waals surface area contributed by atoms with Crippen LogP contribution in [-0.4, -0.2) is 20.9 Å². The van der Waals surface area contributed by atoms with Crippen LogP contribution in [0, 0.1) is 5.92 Å². The molecule has 0 spiro atoms. The molecule has 30 heavy (non-hydrogen) atoms. The molecule has 1 amide bonds. The molecule has 3 aromatic carbocycles. The lowest BCUT2D eigenvalue weighted by atomic mass is 10.1. The fourth-order valence-corrected chi connectivity index (χ4v) is 5.70. The maximum Gasteiger partial charge on any atom is 0.261 e. The number of hydrogen-bond donors (Lipinski definition) is 1. The second-order valence-corrected chi connectivity index (χ2v) is 9.86. The van der Waals surface area contributed by atoms with Gasteiger partial charge in [-0.05, 0) is 59.9 Å². The standard InChI is InChI=1S/C24H24N2O3S/c27-24(19-6-2-3-7-19)26-14-13-18-9-11-21(16-23(18)26)25-30(28,29)22-12-10-17-5-1-4-8-20(17)15-22/h1,4-5,8-12,15-16,19,25H,2-3,6-7,13-14H2. The van der Waals surface area contributed by atoms with Crippen LogP contribution in [0.25, 0.3) is 10.8 Å². The molecule has 1 aliphatic heterocycles. The van der Waals surface area contributed by atoms with Gasteiger partial charge in [0.05, 0.1) is 10.6 Å². The van der Waals surface area contributed by atoms with Crippen LogP contribution in [0.4, 0.5) is 11.4 Å². The number of carbonyl (C=O) groups is 1. The Bertz CT molecular complexity index is 1230. The third-order valence-corrected chi connectivity index (χ3v) is 7.61. The summed E-state index contributed by atoms with van der Waals surface area (Å²) >= 11 is 0. The van der Waals surface area contributed by atoms with Gasteiger partial charge in [0, 0.05) is 18.2 Å². The number of nitrogens with one attached hydrogen (secondary N) is 1. The lowest BCUT2D eigenvalue weighted by Gasteiger charge is -2.22. The Morgan fingerprint density at radius 3 is 2.50 bits per heavy atom. The summed E-state index contributed by atoms with van der Waals surface area (Å²) in [5.41, 5.74) is 2.41. The highest BCUT2D eigenvalue weighted by Gasteiger charge is 2.32. The molecule has 1 N–H and O–H groups in total. The van der Waals surface area contributed by atoms with Crippen LogP contribution in [0.3, 0.4) is 0 Å². The van der Waals surface area contributed by atoms with Gasteiger partial charge in [0.1, 0.15) is 0 Å². The van der Waals surface area contributed by atoms with E-state index >= 15 is 0 Å². The zero-order valence-corrected chi connectivity index (χ0v) is 17.5. The maximum absolute atomic E-state index is 13.0. The van der Waals surface area contributed by atoms with Crippen molar-refractivity contribution < 1.29 is 13.2 Å². The van der Waals surface area contributed by atoms with Gasteiger partial charge in [0.25, 0.3) is 10.0 Å². The SMILES string of the molecule is O=C(C1CCCC1)N1CCc2ccc(NS(=O)(=O)c3ccc4ccccc4c3)cc21. The molecule has 5 rings (SSSR count). The smallest absolute Gasteiger partial charge is 0.261 e. The fraction of sp³-hybridized carbons (Fsp3) is 0.292. The normalized spacial score (nSPS) is 16.7. The minimum Gasteiger partial charge on any atom is -0.312 e. The lowest BCUT2D eigenvalue weighted by Crippen LogP contribution is -2.33. The van der Waals surface area contributed by atoms with Crippen molar-refractivity contribution >= 4 is 38.1 Å². The van der Waals surface area contributed by atoms with Crippen molar-refractivity contribution in [1.29, 1.82) is 0 Å². The van der Waals surface area contributed by atoms with Crippen LogP contribution in [0.15, 0.2) is 65.6 Å². The minimum absolute atomic E-state index is 0.105. The number of hydrogen-bond acceptors (Lipinski definition) is 3. The molecule has 0 aromatic heterocycles. The summed E-state index contributed by atoms with van der Waals surface area (Å²) in [7, 11) is -3.73. The summed E-state index contributed by atoms with van der Waals surface area (Å²) in [4.78, 5) is 15.0. The summed E-state index contributed by atoms with van der Waals surface area (Å²) < 4.78 is 28.6. The molecule has 1 saturated carbocycles. The average Bonchev–Trinajstić information content (AvgIpc) is 3.43. The highest BCUT2D eigenvalue weighted by molar-refractivity contribution is 7.92. The molecule has 6 heteroatoms. The van der Waals surface area contributed by atoms with Gasteiger partial charge in [-0.3, -0.25) is 9.52 Å². The molecule has 154 valence electrons. The molecule has 1 aliphatic carbocycles. The first-order valence-corrected chi connectivity index (χ1v) is 12.0. The number of fused-ring (bicyclic) bond motifs is 2. The number of carbonyl (C=O) groups excluding carboxylic acids is 1. The zero-order chi connectivity index (χ0) is 20.7. The molecular formula is C24H24N2O3S. The van der Waals surface area contributed by atoms with E-state index in [1.165, 1.54) is 0 Å². The van der Waals surface area contributed by atoms with Crippen LogP contribution in [-0.2, 0) is 21.2 Å². The number of nitrogens with zero attached hydrogens (tertiary/aromatic N) is 1. The van der Waals surface area contributed by atoms with Crippen LogP contribution in [0.1, 0.15) is 31.2 Å². The van der Waals surface area contributed by atoms with Gasteiger partial charge in [0.2, 0.25) is 5.91 Å². The van der Waals surface area contributed by atoms with Crippen molar-refractivity contribution in [3.05, 3.63) is 66.2 Å². The first kappa shape index (κ1) is 19.1. The second-order valence-electron chi connectivity index (χ2n) is 8.18. The van der Waals surface area contributed by atoms with E-state index in [2.05, 4.69) is 4.72 Å². The van der Waals surface area contributed by atoms with Crippen LogP contribution in [0.2, 0.25) is 0 Å². The zero-order valence-electron chi connectivity index (χ0n) is 16.7. The number of sulfonamides is 1. The molecule has 0 unspecified atom stereocenters. The number of amides is 1. The van der Waals surface area contributed by atoms with Gasteiger partial charge in [0.15, 0.2) is 0 Å². The van der Waals surface area contributed by atoms with Gasteiger partial charge in [-0.1, -0.05) is 49.2 Å². The quantitative estimate of drug-likeness (QED) is 0.664. The molecule has 3 aromatic rings. The molecule has 2 aliphatic rings. The third-order valence-electron chi connectivity index (χ3n) is 6.23. The van der Waals surface area contributed by atoms with E-state index in [1.54, 1.807) is 24.3 Å². The topological polar surface area (TPSA) is 66.5 Å². The molecule has 1 heterocycles. The molecule has 0 radical (unpaired) electrons. The van der Waals surface area contributed by atoms with Gasteiger partial charge in [-0.15, -0.1) is 0 Å². The first-order valence-electron chi connectivity index (χ1n) is 10.5. The molecule has 1 fully saturated rings. The Morgan fingerprint density at radius 2 is 1.70 bits per heavy atom. The van der Waals surface area contributed by atoms with E-state index in [1.807, 2.05) is 41.3 Å². The Kier molecular flexibility index (Phi) is 4.74. The van der Waals surface area contributed by atoms with Crippen molar-refractivity contribution in [2.45, 2.75) is 37.0 Å². The van der Waals surface area contributed by atoms with Crippen molar-refractivity contribution in [3.63, 3.8) is 0 Å². The van der Waals surface area contributed by atoms with Crippen LogP contribution >= 0.6 is 0 Å². The van der Waals surface area contributed by atoms with E-state index in [9.17, 15) is 13.2 Å². The molecule has 0 atom stereocenters. The largest absolute Gasteiger partial charge is 0.312 e. The summed E-state index contributed by atoms with van der Waals surface area (Å²) in [6, 6.07) is 18.3. The molecule has 0 bridgehead atoms. The van der Waals surface area contributed by atoms with Crippen LogP contribution in [0.5, 0.6) is 0 Å². The Balaban J connectivity index is 1.42. The molecular weight excluding hydrogens is 396 g/mol. The van der Waals surface area contributed by atoms with Gasteiger partial charge in [-0.2, -0.15) is 0 Å². The fourth-order valence-electron chi connectivity index (χ4n) is 4.61. The molecule has 5 nitrogen and oxygen atoms in total. The van der Waals surface area contributed by atoms with Gasteiger partial charge in [-0.25, -0.2) is 8.42 Å². The van der Waals surface area contributed by atoms with E-state index in [0.29, 0.717) is 12.2 Å². The highest BCUT2D eigenvalue weighted by Crippen LogP contribution is 2.35. The third kappa shape index (κ3) is 3.45. The molecule has 0 saturated heterocycles. The van der Waals surface area contributed by atoms with E-state index < -0.39 is 10.0 Å². The Labute approximate surface area is 176 Å². The van der Waals surface area contributed by atoms with E-state index in [4.69, 9.17) is 0 Å². The van der Waals surface area contributed by atoms with Crippen molar-refractivity contribution in [1.82, 2.24) is 0 Å². The second kappa shape index (κ2) is 7.43. The Morgan fingerprint density at radius 1 is 0.933 bits per heavy atom. The van der Waals surface area contributed by atoms with Gasteiger partial charge < -0.3 is 4.90 Å². The van der Waals surface area contributed by atoms with E-state index in [-0.39, 0.29) is 16.7 Å². The summed E-state index contributed by atoms with van der Waals surface area (Å²) in [5.74, 6) is 0.287. The van der Waals surface area contributed by atoms with Crippen molar-refractivity contribution in [3.8, 4) is 0 Å². The first-order chi connectivity index (χ1) is 14.5. The minimum atomic E-state index is -3.73. The van der Waals surface area contributed by atoms with E-state index in [0.717, 1.165) is 54.1 Å². The van der Waals surface area contributed by atoms with Crippen molar-refractivity contribution in [2.24, 2.45) is 5.92 Å². The number of anilines is 2. The highest BCUT2D eigenvalue weighted by atomic mass is 32.2. The summed E-state index contributed by atoms with van der Waals surface area (Å²) in [6.07, 6.45) is 4.95. The monoisotopic (exact) mass is 420 g/mol. The predicted octanol–water partition coefficient (Wildman–Crippen LogP) is 4.72. The number of benzene rings is 3.